The van der Waals surface area contributed by atoms with E-state index in [0.29, 0.717) is 31.0 Å². The molecule has 14 nitrogen and oxygen atoms in total. The van der Waals surface area contributed by atoms with Crippen molar-refractivity contribution in [3.05, 3.63) is 80.0 Å². The molecule has 1 saturated heterocycles. The first-order valence-corrected chi connectivity index (χ1v) is 16.1. The van der Waals surface area contributed by atoms with E-state index < -0.39 is 47.4 Å². The molecule has 1 atom stereocenters. The minimum Gasteiger partial charge on any atom is -0.504 e. The van der Waals surface area contributed by atoms with Crippen LogP contribution in [0.2, 0.25) is 5.02 Å². The van der Waals surface area contributed by atoms with Crippen LogP contribution in [0.5, 0.6) is 5.75 Å². The fourth-order valence-electron chi connectivity index (χ4n) is 6.68. The zero-order chi connectivity index (χ0) is 35.5. The van der Waals surface area contributed by atoms with Gasteiger partial charge in [0, 0.05) is 13.1 Å². The molecule has 2 aliphatic heterocycles. The first-order valence-electron chi connectivity index (χ1n) is 15.8. The van der Waals surface area contributed by atoms with Gasteiger partial charge in [-0.2, -0.15) is 22.7 Å². The molecule has 0 saturated carbocycles. The molecule has 1 aromatic carbocycles. The highest BCUT2D eigenvalue weighted by Crippen LogP contribution is 2.43. The zero-order valence-electron chi connectivity index (χ0n) is 26.5. The summed E-state index contributed by atoms with van der Waals surface area (Å²) in [5.41, 5.74) is -1.19. The monoisotopic (exact) mass is 714 g/mol. The van der Waals surface area contributed by atoms with Gasteiger partial charge in [-0.3, -0.25) is 14.4 Å². The summed E-state index contributed by atoms with van der Waals surface area (Å²) in [4.78, 5) is 54.9. The summed E-state index contributed by atoms with van der Waals surface area (Å²) in [6, 6.07) is 2.58. The number of anilines is 1. The number of rotatable bonds is 5. The van der Waals surface area contributed by atoms with Crippen LogP contribution in [-0.2, 0) is 34.5 Å². The first kappa shape index (κ1) is 33.6. The number of hydrogen-bond acceptors (Lipinski definition) is 10. The van der Waals surface area contributed by atoms with E-state index in [-0.39, 0.29) is 77.6 Å². The molecule has 1 unspecified atom stereocenters. The zero-order valence-corrected chi connectivity index (χ0v) is 27.3. The van der Waals surface area contributed by atoms with Crippen molar-refractivity contribution in [3.8, 4) is 5.75 Å². The van der Waals surface area contributed by atoms with E-state index in [4.69, 9.17) is 16.3 Å². The standard InChI is InChI=1S/C32H30ClF3N8O6/c1-16-26(47)25(38-15-37-16)29(49)42-10-8-31(9-11-42)24-22(14-50-31)43(13-23(46)39-21-7-4-18(12-20(21)33)32(34,35)36)30-40-27(41-44(30)28(24)48)17-2-5-19(45)6-3-17/h2,4,7,12,15,19,45,47H,3,5-6,8-11,13-14H2,1H3,(H,39,46). The summed E-state index contributed by atoms with van der Waals surface area (Å²) >= 11 is 6.10. The van der Waals surface area contributed by atoms with E-state index >= 15 is 0 Å². The topological polar surface area (TPSA) is 177 Å². The van der Waals surface area contributed by atoms with E-state index in [0.717, 1.165) is 22.2 Å². The average Bonchev–Trinajstić information content (AvgIpc) is 3.69. The first-order chi connectivity index (χ1) is 23.8. The number of nitrogens with zero attached hydrogens (tertiary/aromatic N) is 7. The number of hydrogen-bond donors (Lipinski definition) is 3. The van der Waals surface area contributed by atoms with Crippen LogP contribution < -0.4 is 10.9 Å². The quantitative estimate of drug-likeness (QED) is 0.277. The van der Waals surface area contributed by atoms with Crippen LogP contribution in [0.1, 0.15) is 70.9 Å². The van der Waals surface area contributed by atoms with Gasteiger partial charge in [0.05, 0.1) is 45.9 Å². The maximum absolute atomic E-state index is 14.2. The molecule has 7 rings (SSSR count). The molecule has 3 aliphatic rings. The number of ether oxygens (including phenoxy) is 1. The van der Waals surface area contributed by atoms with Gasteiger partial charge in [-0.05, 0) is 62.8 Å². The average molecular weight is 715 g/mol. The number of aromatic nitrogens is 6. The molecule has 4 aromatic rings. The number of nitrogens with one attached hydrogen (secondary N) is 1. The van der Waals surface area contributed by atoms with Crippen molar-refractivity contribution in [1.29, 1.82) is 0 Å². The van der Waals surface area contributed by atoms with Crippen molar-refractivity contribution >= 4 is 40.5 Å². The minimum absolute atomic E-state index is 0.0406. The van der Waals surface area contributed by atoms with Gasteiger partial charge in [-0.1, -0.05) is 17.7 Å². The summed E-state index contributed by atoms with van der Waals surface area (Å²) in [6.07, 6.45) is -0.380. The summed E-state index contributed by atoms with van der Waals surface area (Å²) in [5, 5.41) is 27.1. The van der Waals surface area contributed by atoms with Gasteiger partial charge in [0.15, 0.2) is 17.3 Å². The Bertz CT molecular complexity index is 2140. The smallest absolute Gasteiger partial charge is 0.416 e. The Morgan fingerprint density at radius 2 is 1.96 bits per heavy atom. The number of aryl methyl sites for hydroxylation is 1. The summed E-state index contributed by atoms with van der Waals surface area (Å²) in [5.74, 6) is -1.17. The van der Waals surface area contributed by atoms with Crippen LogP contribution in [-0.4, -0.2) is 75.3 Å². The maximum atomic E-state index is 14.2. The van der Waals surface area contributed by atoms with Crippen molar-refractivity contribution in [1.82, 2.24) is 34.0 Å². The number of amides is 2. The molecule has 50 heavy (non-hydrogen) atoms. The van der Waals surface area contributed by atoms with Crippen LogP contribution >= 0.6 is 11.6 Å². The molecule has 3 aromatic heterocycles. The molecule has 1 aliphatic carbocycles. The lowest BCUT2D eigenvalue weighted by Gasteiger charge is -2.38. The van der Waals surface area contributed by atoms with Gasteiger partial charge >= 0.3 is 6.18 Å². The second-order valence-electron chi connectivity index (χ2n) is 12.5. The van der Waals surface area contributed by atoms with E-state index in [1.165, 1.54) is 15.8 Å². The number of aliphatic hydroxyl groups excluding tert-OH is 1. The molecule has 1 spiro atoms. The van der Waals surface area contributed by atoms with E-state index in [9.17, 15) is 37.8 Å². The third-order valence-electron chi connectivity index (χ3n) is 9.40. The van der Waals surface area contributed by atoms with Crippen LogP contribution in [0.15, 0.2) is 35.4 Å². The lowest BCUT2D eigenvalue weighted by Crippen LogP contribution is -2.47. The van der Waals surface area contributed by atoms with Crippen molar-refractivity contribution < 1.29 is 37.7 Å². The predicted molar refractivity (Wildman–Crippen MR) is 170 cm³/mol. The van der Waals surface area contributed by atoms with Crippen LogP contribution in [0.4, 0.5) is 18.9 Å². The normalized spacial score (nSPS) is 18.7. The number of carbonyl (C=O) groups excluding carboxylic acids is 2. The van der Waals surface area contributed by atoms with Crippen molar-refractivity contribution in [3.63, 3.8) is 0 Å². The molecule has 1 fully saturated rings. The minimum atomic E-state index is -4.62. The van der Waals surface area contributed by atoms with Crippen LogP contribution in [0, 0.1) is 6.92 Å². The molecule has 0 radical (unpaired) electrons. The largest absolute Gasteiger partial charge is 0.504 e. The van der Waals surface area contributed by atoms with Crippen LogP contribution in [0.25, 0.3) is 11.4 Å². The van der Waals surface area contributed by atoms with Gasteiger partial charge in [0.2, 0.25) is 11.7 Å². The Morgan fingerprint density at radius 1 is 1.20 bits per heavy atom. The second kappa shape index (κ2) is 12.5. The lowest BCUT2D eigenvalue weighted by molar-refractivity contribution is -0.137. The SMILES string of the molecule is Cc1ncnc(C(=O)N2CCC3(CC2)OCc2c3c(=O)n3nc(C4=CCC(O)CC4)nc3n2CC(=O)Nc2ccc(C(F)(F)F)cc2Cl)c1O. The number of benzene rings is 1. The molecule has 0 bridgehead atoms. The van der Waals surface area contributed by atoms with E-state index in [2.05, 4.69) is 25.4 Å². The van der Waals surface area contributed by atoms with Crippen molar-refractivity contribution in [2.75, 3.05) is 18.4 Å². The molecule has 262 valence electrons. The van der Waals surface area contributed by atoms with E-state index in [1.54, 1.807) is 13.0 Å². The number of fused-ring (bicyclic) bond motifs is 3. The number of alkyl halides is 3. The highest BCUT2D eigenvalue weighted by Gasteiger charge is 2.48. The van der Waals surface area contributed by atoms with Gasteiger partial charge in [-0.25, -0.2) is 9.97 Å². The predicted octanol–water partition coefficient (Wildman–Crippen LogP) is 3.60. The molecule has 2 amide bonds. The Kier molecular flexibility index (Phi) is 8.39. The Labute approximate surface area is 286 Å². The van der Waals surface area contributed by atoms with Gasteiger partial charge in [0.25, 0.3) is 11.5 Å². The highest BCUT2D eigenvalue weighted by molar-refractivity contribution is 6.33. The number of likely N-dealkylation sites (tertiary alicyclic amines) is 1. The Balaban J connectivity index is 1.24. The number of carbonyl (C=O) groups is 2. The second-order valence-corrected chi connectivity index (χ2v) is 12.9. The molecule has 5 heterocycles. The van der Waals surface area contributed by atoms with Gasteiger partial charge < -0.3 is 29.7 Å². The Hall–Kier alpha value is -4.87. The fourth-order valence-corrected chi connectivity index (χ4v) is 6.90. The lowest BCUT2D eigenvalue weighted by atomic mass is 9.85. The number of aromatic hydroxyl groups is 1. The van der Waals surface area contributed by atoms with Crippen LogP contribution in [0.3, 0.4) is 0 Å². The van der Waals surface area contributed by atoms with Crippen molar-refractivity contribution in [2.24, 2.45) is 0 Å². The fraction of sp³-hybridized carbons (Fsp3) is 0.406. The van der Waals surface area contributed by atoms with E-state index in [1.807, 2.05) is 0 Å². The third kappa shape index (κ3) is 5.88. The Morgan fingerprint density at radius 3 is 2.64 bits per heavy atom. The highest BCUT2D eigenvalue weighted by atomic mass is 35.5. The van der Waals surface area contributed by atoms with Gasteiger partial charge in [0.1, 0.15) is 18.5 Å². The summed E-state index contributed by atoms with van der Waals surface area (Å²) in [7, 11) is 0. The molecular weight excluding hydrogens is 685 g/mol. The number of piperidine rings is 1. The third-order valence-corrected chi connectivity index (χ3v) is 9.71. The number of allylic oxidation sites excluding steroid dienone is 1. The van der Waals surface area contributed by atoms with Gasteiger partial charge in [-0.15, -0.1) is 5.10 Å². The molecule has 18 heteroatoms. The number of aliphatic hydroxyl groups is 1. The number of halogens is 4. The molecular formula is C32H30ClF3N8O6. The summed E-state index contributed by atoms with van der Waals surface area (Å²) < 4.78 is 48.5. The van der Waals surface area contributed by atoms with Crippen molar-refractivity contribution in [2.45, 2.75) is 70.1 Å². The molecule has 3 N–H and O–H groups in total. The maximum Gasteiger partial charge on any atom is 0.416 e. The summed E-state index contributed by atoms with van der Waals surface area (Å²) in [6.45, 7) is 1.37.